The van der Waals surface area contributed by atoms with E-state index in [1.165, 1.54) is 0 Å². The Bertz CT molecular complexity index is 382. The van der Waals surface area contributed by atoms with Crippen LogP contribution in [-0.4, -0.2) is 24.4 Å². The van der Waals surface area contributed by atoms with E-state index in [9.17, 15) is 5.11 Å². The van der Waals surface area contributed by atoms with Gasteiger partial charge in [0.25, 0.3) is 0 Å². The summed E-state index contributed by atoms with van der Waals surface area (Å²) in [5, 5.41) is 13.5. The second kappa shape index (κ2) is 8.41. The number of aliphatic hydroxyl groups excluding tert-OH is 1. The molecule has 19 heavy (non-hydrogen) atoms. The number of para-hydroxylation sites is 1. The Morgan fingerprint density at radius 1 is 1.37 bits per heavy atom. The third-order valence-electron chi connectivity index (χ3n) is 2.81. The van der Waals surface area contributed by atoms with Crippen molar-refractivity contribution in [1.82, 2.24) is 5.32 Å². The van der Waals surface area contributed by atoms with Crippen molar-refractivity contribution in [2.45, 2.75) is 39.8 Å². The quantitative estimate of drug-likeness (QED) is 0.770. The van der Waals surface area contributed by atoms with Gasteiger partial charge in [-0.3, -0.25) is 0 Å². The van der Waals surface area contributed by atoms with E-state index in [-0.39, 0.29) is 6.61 Å². The molecule has 0 bridgehead atoms. The van der Waals surface area contributed by atoms with E-state index in [0.29, 0.717) is 23.1 Å². The maximum atomic E-state index is 9.57. The molecule has 1 rings (SSSR count). The summed E-state index contributed by atoms with van der Waals surface area (Å²) < 4.78 is 5.66. The lowest BCUT2D eigenvalue weighted by molar-refractivity contribution is 0.104. The Morgan fingerprint density at radius 3 is 2.74 bits per heavy atom. The molecule has 1 atom stereocenters. The van der Waals surface area contributed by atoms with Crippen molar-refractivity contribution in [3.63, 3.8) is 0 Å². The van der Waals surface area contributed by atoms with Crippen LogP contribution >= 0.6 is 11.6 Å². The van der Waals surface area contributed by atoms with E-state index < -0.39 is 6.10 Å². The molecule has 0 aliphatic rings. The summed E-state index contributed by atoms with van der Waals surface area (Å²) >= 11 is 6.16. The first-order valence-electron chi connectivity index (χ1n) is 6.83. The van der Waals surface area contributed by atoms with Crippen LogP contribution < -0.4 is 10.1 Å². The summed E-state index contributed by atoms with van der Waals surface area (Å²) in [4.78, 5) is 0. The minimum atomic E-state index is -0.451. The largest absolute Gasteiger partial charge is 0.489 e. The normalized spacial score (nSPS) is 12.7. The first kappa shape index (κ1) is 16.3. The molecule has 1 aromatic rings. The fourth-order valence-electron chi connectivity index (χ4n) is 1.65. The molecule has 0 aromatic heterocycles. The Morgan fingerprint density at radius 2 is 2.11 bits per heavy atom. The van der Waals surface area contributed by atoms with Crippen molar-refractivity contribution in [3.05, 3.63) is 28.8 Å². The molecule has 3 nitrogen and oxygen atoms in total. The van der Waals surface area contributed by atoms with Crippen LogP contribution in [-0.2, 0) is 6.54 Å². The Kier molecular flexibility index (Phi) is 7.21. The van der Waals surface area contributed by atoms with Crippen LogP contribution in [0.3, 0.4) is 0 Å². The average molecular weight is 286 g/mol. The van der Waals surface area contributed by atoms with Gasteiger partial charge >= 0.3 is 0 Å². The zero-order valence-corrected chi connectivity index (χ0v) is 12.7. The summed E-state index contributed by atoms with van der Waals surface area (Å²) in [5.74, 6) is 1.28. The maximum Gasteiger partial charge on any atom is 0.142 e. The average Bonchev–Trinajstić information content (AvgIpc) is 2.37. The smallest absolute Gasteiger partial charge is 0.142 e. The summed E-state index contributed by atoms with van der Waals surface area (Å²) in [6, 6.07) is 5.71. The summed E-state index contributed by atoms with van der Waals surface area (Å²) in [5.41, 5.74) is 1.02. The van der Waals surface area contributed by atoms with Crippen LogP contribution in [0.25, 0.3) is 0 Å². The number of ether oxygens (including phenoxy) is 1. The summed E-state index contributed by atoms with van der Waals surface area (Å²) in [6.07, 6.45) is 0.221. The van der Waals surface area contributed by atoms with Gasteiger partial charge in [0.2, 0.25) is 0 Å². The molecule has 0 radical (unpaired) electrons. The Balaban J connectivity index is 2.66. The Hall–Kier alpha value is -0.770. The lowest BCUT2D eigenvalue weighted by atomic mass is 10.1. The van der Waals surface area contributed by atoms with Crippen molar-refractivity contribution >= 4 is 11.6 Å². The van der Waals surface area contributed by atoms with Gasteiger partial charge < -0.3 is 15.2 Å². The third kappa shape index (κ3) is 5.81. The van der Waals surface area contributed by atoms with E-state index >= 15 is 0 Å². The van der Waals surface area contributed by atoms with Crippen molar-refractivity contribution < 1.29 is 9.84 Å². The third-order valence-corrected chi connectivity index (χ3v) is 3.11. The maximum absolute atomic E-state index is 9.57. The highest BCUT2D eigenvalue weighted by atomic mass is 35.5. The minimum absolute atomic E-state index is 0.275. The number of rotatable bonds is 8. The van der Waals surface area contributed by atoms with Crippen LogP contribution in [0.5, 0.6) is 5.75 Å². The number of nitrogens with one attached hydrogen (secondary N) is 1. The highest BCUT2D eigenvalue weighted by Gasteiger charge is 2.10. The predicted molar refractivity (Wildman–Crippen MR) is 79.8 cm³/mol. The van der Waals surface area contributed by atoms with Crippen LogP contribution in [0.4, 0.5) is 0 Å². The lowest BCUT2D eigenvalue weighted by Gasteiger charge is -2.16. The van der Waals surface area contributed by atoms with Gasteiger partial charge in [0, 0.05) is 12.1 Å². The van der Waals surface area contributed by atoms with Crippen LogP contribution in [0, 0.1) is 5.92 Å². The fraction of sp³-hybridized carbons (Fsp3) is 0.600. The van der Waals surface area contributed by atoms with Gasteiger partial charge in [-0.1, -0.05) is 44.5 Å². The van der Waals surface area contributed by atoms with E-state index in [1.807, 2.05) is 19.1 Å². The number of aliphatic hydroxyl groups is 1. The molecule has 0 saturated carbocycles. The highest BCUT2D eigenvalue weighted by Crippen LogP contribution is 2.28. The molecule has 1 unspecified atom stereocenters. The summed E-state index contributed by atoms with van der Waals surface area (Å²) in [6.45, 7) is 8.20. The molecule has 0 aliphatic carbocycles. The molecular formula is C15H24ClNO2. The van der Waals surface area contributed by atoms with Gasteiger partial charge in [-0.05, 0) is 24.9 Å². The van der Waals surface area contributed by atoms with E-state index in [2.05, 4.69) is 19.2 Å². The number of hydrogen-bond donors (Lipinski definition) is 2. The van der Waals surface area contributed by atoms with Gasteiger partial charge in [0.1, 0.15) is 12.4 Å². The van der Waals surface area contributed by atoms with Crippen LogP contribution in [0.1, 0.15) is 32.8 Å². The van der Waals surface area contributed by atoms with Crippen LogP contribution in [0.15, 0.2) is 18.2 Å². The van der Waals surface area contributed by atoms with E-state index in [4.69, 9.17) is 16.3 Å². The van der Waals surface area contributed by atoms with Crippen LogP contribution in [0.2, 0.25) is 5.02 Å². The molecule has 0 aliphatic heterocycles. The van der Waals surface area contributed by atoms with Crippen molar-refractivity contribution in [1.29, 1.82) is 0 Å². The topological polar surface area (TPSA) is 41.5 Å². The van der Waals surface area contributed by atoms with Gasteiger partial charge in [-0.15, -0.1) is 0 Å². The van der Waals surface area contributed by atoms with Crippen molar-refractivity contribution in [2.75, 3.05) is 13.2 Å². The van der Waals surface area contributed by atoms with E-state index in [1.54, 1.807) is 6.07 Å². The highest BCUT2D eigenvalue weighted by molar-refractivity contribution is 6.32. The molecule has 0 amide bonds. The number of benzene rings is 1. The molecule has 2 N–H and O–H groups in total. The fourth-order valence-corrected chi connectivity index (χ4v) is 1.90. The summed E-state index contributed by atoms with van der Waals surface area (Å²) in [7, 11) is 0. The van der Waals surface area contributed by atoms with E-state index in [0.717, 1.165) is 18.7 Å². The molecule has 108 valence electrons. The standard InChI is InChI=1S/C15H24ClNO2/c1-4-13(18)10-19-15-12(6-5-7-14(15)16)9-17-8-11(2)3/h5-7,11,13,17-18H,4,8-10H2,1-3H3. The Labute approximate surface area is 120 Å². The first-order valence-corrected chi connectivity index (χ1v) is 7.21. The van der Waals surface area contributed by atoms with Gasteiger partial charge in [0.05, 0.1) is 11.1 Å². The number of halogens is 1. The first-order chi connectivity index (χ1) is 9.04. The molecule has 1 aromatic carbocycles. The second-order valence-electron chi connectivity index (χ2n) is 5.13. The lowest BCUT2D eigenvalue weighted by Crippen LogP contribution is -2.21. The monoisotopic (exact) mass is 285 g/mol. The SMILES string of the molecule is CCC(O)COc1c(Cl)cccc1CNCC(C)C. The molecule has 4 heteroatoms. The predicted octanol–water partition coefficient (Wildman–Crippen LogP) is 3.24. The zero-order valence-electron chi connectivity index (χ0n) is 11.9. The number of hydrogen-bond acceptors (Lipinski definition) is 3. The van der Waals surface area contributed by atoms with Gasteiger partial charge in [0.15, 0.2) is 0 Å². The second-order valence-corrected chi connectivity index (χ2v) is 5.53. The zero-order chi connectivity index (χ0) is 14.3. The molecule has 0 saturated heterocycles. The van der Waals surface area contributed by atoms with Gasteiger partial charge in [-0.25, -0.2) is 0 Å². The van der Waals surface area contributed by atoms with Gasteiger partial charge in [-0.2, -0.15) is 0 Å². The molecule has 0 fully saturated rings. The van der Waals surface area contributed by atoms with Crippen molar-refractivity contribution in [3.8, 4) is 5.75 Å². The molecule has 0 heterocycles. The molecular weight excluding hydrogens is 262 g/mol. The minimum Gasteiger partial charge on any atom is -0.489 e. The van der Waals surface area contributed by atoms with Crippen molar-refractivity contribution in [2.24, 2.45) is 5.92 Å². The molecule has 0 spiro atoms.